The molecule has 7 nitrogen and oxygen atoms in total. The molecule has 0 saturated heterocycles. The van der Waals surface area contributed by atoms with Crippen LogP contribution in [0.4, 0.5) is 11.5 Å². The summed E-state index contributed by atoms with van der Waals surface area (Å²) >= 11 is 0. The highest BCUT2D eigenvalue weighted by Crippen LogP contribution is 2.37. The topological polar surface area (TPSA) is 111 Å². The van der Waals surface area contributed by atoms with Crippen LogP contribution in [0.2, 0.25) is 0 Å². The van der Waals surface area contributed by atoms with Crippen LogP contribution < -0.4 is 10.5 Å². The molecule has 0 saturated carbocycles. The van der Waals surface area contributed by atoms with Gasteiger partial charge in [-0.05, 0) is 30.7 Å². The largest absolute Gasteiger partial charge is 0.380 e. The molecule has 0 spiro atoms. The lowest BCUT2D eigenvalue weighted by molar-refractivity contribution is 0.461. The zero-order valence-corrected chi connectivity index (χ0v) is 12.8. The number of benzene rings is 1. The number of nitrogens with two attached hydrogens (primary N) is 1. The number of hydrogen-bond donors (Lipinski definition) is 2. The average molecular weight is 318 g/mol. The lowest BCUT2D eigenvalue weighted by Gasteiger charge is -2.09. The van der Waals surface area contributed by atoms with Crippen molar-refractivity contribution in [3.63, 3.8) is 0 Å². The van der Waals surface area contributed by atoms with Crippen molar-refractivity contribution in [3.05, 3.63) is 36.2 Å². The van der Waals surface area contributed by atoms with Gasteiger partial charge in [-0.1, -0.05) is 5.16 Å². The van der Waals surface area contributed by atoms with Crippen molar-refractivity contribution in [1.29, 1.82) is 0 Å². The molecule has 8 heteroatoms. The molecule has 0 radical (unpaired) electrons. The summed E-state index contributed by atoms with van der Waals surface area (Å²) in [5.41, 5.74) is 9.21. The molecule has 2 heterocycles. The smallest absolute Gasteiger partial charge is 0.229 e. The second-order valence-electron chi connectivity index (χ2n) is 5.00. The number of nitrogens with one attached hydrogen (secondary N) is 1. The Morgan fingerprint density at radius 3 is 2.68 bits per heavy atom. The van der Waals surface area contributed by atoms with E-state index in [0.29, 0.717) is 16.7 Å². The van der Waals surface area contributed by atoms with Gasteiger partial charge in [-0.15, -0.1) is 0 Å². The first-order valence-electron chi connectivity index (χ1n) is 6.43. The number of fused-ring (bicyclic) bond motifs is 1. The van der Waals surface area contributed by atoms with Crippen molar-refractivity contribution in [2.45, 2.75) is 6.92 Å². The van der Waals surface area contributed by atoms with E-state index in [4.69, 9.17) is 10.3 Å². The number of aromatic nitrogens is 2. The number of pyridine rings is 1. The molecule has 22 heavy (non-hydrogen) atoms. The quantitative estimate of drug-likeness (QED) is 0.765. The average Bonchev–Trinajstić information content (AvgIpc) is 2.82. The summed E-state index contributed by atoms with van der Waals surface area (Å²) in [6, 6.07) is 5.27. The standard InChI is InChI=1S/C14H14N4O3S/c1-8-5-6-16-7-10(8)9-3-4-11(18-22(2,19)20)12-13(9)21-17-14(12)15/h3-7,18H,1-2H3,(H2,15,17). The van der Waals surface area contributed by atoms with Crippen molar-refractivity contribution < 1.29 is 12.9 Å². The van der Waals surface area contributed by atoms with Crippen molar-refractivity contribution >= 4 is 32.5 Å². The number of anilines is 2. The maximum absolute atomic E-state index is 11.5. The van der Waals surface area contributed by atoms with E-state index in [-0.39, 0.29) is 5.82 Å². The van der Waals surface area contributed by atoms with Gasteiger partial charge in [-0.3, -0.25) is 9.71 Å². The first kappa shape index (κ1) is 14.3. The van der Waals surface area contributed by atoms with E-state index >= 15 is 0 Å². The van der Waals surface area contributed by atoms with E-state index in [1.165, 1.54) is 0 Å². The molecule has 2 aromatic heterocycles. The molecule has 0 unspecified atom stereocenters. The first-order valence-corrected chi connectivity index (χ1v) is 8.32. The minimum absolute atomic E-state index is 0.129. The minimum atomic E-state index is -3.44. The van der Waals surface area contributed by atoms with E-state index in [2.05, 4.69) is 14.9 Å². The van der Waals surface area contributed by atoms with Gasteiger partial charge in [0.05, 0.1) is 17.3 Å². The zero-order valence-electron chi connectivity index (χ0n) is 12.0. The number of sulfonamides is 1. The van der Waals surface area contributed by atoms with Crippen LogP contribution in [0.5, 0.6) is 0 Å². The monoisotopic (exact) mass is 318 g/mol. The molecule has 3 rings (SSSR count). The molecule has 114 valence electrons. The van der Waals surface area contributed by atoms with E-state index < -0.39 is 10.0 Å². The molecule has 3 N–H and O–H groups in total. The molecule has 0 bridgehead atoms. The van der Waals surface area contributed by atoms with Crippen molar-refractivity contribution in [2.75, 3.05) is 16.7 Å². The number of nitrogen functional groups attached to an aromatic ring is 1. The predicted molar refractivity (Wildman–Crippen MR) is 84.9 cm³/mol. The number of rotatable bonds is 3. The molecule has 3 aromatic rings. The molecule has 0 aliphatic heterocycles. The molecule has 1 aromatic carbocycles. The fourth-order valence-electron chi connectivity index (χ4n) is 2.32. The Morgan fingerprint density at radius 1 is 1.23 bits per heavy atom. The summed E-state index contributed by atoms with van der Waals surface area (Å²) in [5.74, 6) is 0.129. The maximum atomic E-state index is 11.5. The van der Waals surface area contributed by atoms with E-state index in [1.807, 2.05) is 13.0 Å². The van der Waals surface area contributed by atoms with Crippen molar-refractivity contribution in [3.8, 4) is 11.1 Å². The van der Waals surface area contributed by atoms with Crippen LogP contribution >= 0.6 is 0 Å². The summed E-state index contributed by atoms with van der Waals surface area (Å²) in [4.78, 5) is 4.11. The molecule has 0 aliphatic carbocycles. The van der Waals surface area contributed by atoms with Crippen LogP contribution in [0.3, 0.4) is 0 Å². The summed E-state index contributed by atoms with van der Waals surface area (Å²) in [7, 11) is -3.44. The normalized spacial score (nSPS) is 11.7. The van der Waals surface area contributed by atoms with Crippen LogP contribution in [-0.2, 0) is 10.0 Å². The van der Waals surface area contributed by atoms with Crippen LogP contribution in [-0.4, -0.2) is 24.8 Å². The fraction of sp³-hybridized carbons (Fsp3) is 0.143. The van der Waals surface area contributed by atoms with E-state index in [0.717, 1.165) is 22.9 Å². The molecule has 0 fully saturated rings. The Hall–Kier alpha value is -2.61. The summed E-state index contributed by atoms with van der Waals surface area (Å²) < 4.78 is 30.7. The lowest BCUT2D eigenvalue weighted by Crippen LogP contribution is -2.10. The highest BCUT2D eigenvalue weighted by atomic mass is 32.2. The summed E-state index contributed by atoms with van der Waals surface area (Å²) in [5, 5.41) is 4.19. The first-order chi connectivity index (χ1) is 10.4. The Morgan fingerprint density at radius 2 is 2.00 bits per heavy atom. The van der Waals surface area contributed by atoms with E-state index in [1.54, 1.807) is 24.5 Å². The highest BCUT2D eigenvalue weighted by molar-refractivity contribution is 7.92. The predicted octanol–water partition coefficient (Wildman–Crippen LogP) is 2.15. The highest BCUT2D eigenvalue weighted by Gasteiger charge is 2.18. The van der Waals surface area contributed by atoms with Crippen LogP contribution in [0.1, 0.15) is 5.56 Å². The fourth-order valence-corrected chi connectivity index (χ4v) is 2.88. The van der Waals surface area contributed by atoms with Crippen LogP contribution in [0, 0.1) is 6.92 Å². The SMILES string of the molecule is Cc1ccncc1-c1ccc(NS(C)(=O)=O)c2c(N)noc12. The third kappa shape index (κ3) is 2.48. The van der Waals surface area contributed by atoms with Crippen molar-refractivity contribution in [2.24, 2.45) is 0 Å². The lowest BCUT2D eigenvalue weighted by atomic mass is 10.0. The van der Waals surface area contributed by atoms with Gasteiger partial charge in [0.2, 0.25) is 10.0 Å². The van der Waals surface area contributed by atoms with Crippen molar-refractivity contribution in [1.82, 2.24) is 10.1 Å². The van der Waals surface area contributed by atoms with Crippen LogP contribution in [0.15, 0.2) is 35.1 Å². The minimum Gasteiger partial charge on any atom is -0.380 e. The molecule has 0 aliphatic rings. The number of nitrogens with zero attached hydrogens (tertiary/aromatic N) is 2. The third-order valence-electron chi connectivity index (χ3n) is 3.27. The number of aryl methyl sites for hydroxylation is 1. The molecule has 0 atom stereocenters. The van der Waals surface area contributed by atoms with Gasteiger partial charge in [0.15, 0.2) is 11.4 Å². The Balaban J connectivity index is 2.29. The Kier molecular flexibility index (Phi) is 3.25. The summed E-state index contributed by atoms with van der Waals surface area (Å²) in [6.45, 7) is 1.95. The Labute approximate surface area is 127 Å². The van der Waals surface area contributed by atoms with Crippen LogP contribution in [0.25, 0.3) is 22.1 Å². The van der Waals surface area contributed by atoms with E-state index in [9.17, 15) is 8.42 Å². The maximum Gasteiger partial charge on any atom is 0.229 e. The second kappa shape index (κ2) is 4.99. The summed E-state index contributed by atoms with van der Waals surface area (Å²) in [6.07, 6.45) is 4.48. The van der Waals surface area contributed by atoms with Gasteiger partial charge >= 0.3 is 0 Å². The zero-order chi connectivity index (χ0) is 15.9. The second-order valence-corrected chi connectivity index (χ2v) is 6.75. The van der Waals surface area contributed by atoms with Gasteiger partial charge < -0.3 is 10.3 Å². The van der Waals surface area contributed by atoms with Gasteiger partial charge in [0, 0.05) is 23.5 Å². The van der Waals surface area contributed by atoms with Gasteiger partial charge in [0.1, 0.15) is 0 Å². The molecular formula is C14H14N4O3S. The number of hydrogen-bond acceptors (Lipinski definition) is 6. The van der Waals surface area contributed by atoms with Gasteiger partial charge in [0.25, 0.3) is 0 Å². The Bertz CT molecular complexity index is 963. The van der Waals surface area contributed by atoms with Gasteiger partial charge in [-0.25, -0.2) is 8.42 Å². The molecule has 0 amide bonds. The third-order valence-corrected chi connectivity index (χ3v) is 3.86. The molecular weight excluding hydrogens is 304 g/mol. The van der Waals surface area contributed by atoms with Gasteiger partial charge in [-0.2, -0.15) is 0 Å².